The van der Waals surface area contributed by atoms with Crippen molar-refractivity contribution < 1.29 is 0 Å². The van der Waals surface area contributed by atoms with Crippen molar-refractivity contribution >= 4 is 0 Å². The summed E-state index contributed by atoms with van der Waals surface area (Å²) in [5, 5.41) is 8.11. The Bertz CT molecular complexity index is 330. The SMILES string of the molecule is CCCNC(CC)CCCc1cc(C)nn1CC. The molecule has 1 aromatic rings. The molecule has 0 aliphatic heterocycles. The van der Waals surface area contributed by atoms with Gasteiger partial charge in [0.2, 0.25) is 0 Å². The molecule has 0 aliphatic carbocycles. The van der Waals surface area contributed by atoms with Gasteiger partial charge in [-0.25, -0.2) is 0 Å². The lowest BCUT2D eigenvalue weighted by Crippen LogP contribution is -2.29. The predicted octanol–water partition coefficient (Wildman–Crippen LogP) is 3.31. The first kappa shape index (κ1) is 15.2. The molecule has 1 rings (SSSR count). The van der Waals surface area contributed by atoms with Crippen LogP contribution in [-0.4, -0.2) is 22.4 Å². The molecule has 18 heavy (non-hydrogen) atoms. The van der Waals surface area contributed by atoms with Crippen molar-refractivity contribution in [1.82, 2.24) is 15.1 Å². The number of nitrogens with zero attached hydrogens (tertiary/aromatic N) is 2. The minimum Gasteiger partial charge on any atom is -0.314 e. The number of hydrogen-bond acceptors (Lipinski definition) is 2. The van der Waals surface area contributed by atoms with Crippen LogP contribution in [0.3, 0.4) is 0 Å². The van der Waals surface area contributed by atoms with Crippen LogP contribution in [0.15, 0.2) is 6.07 Å². The van der Waals surface area contributed by atoms with Crippen LogP contribution in [-0.2, 0) is 13.0 Å². The molecular formula is C15H29N3. The smallest absolute Gasteiger partial charge is 0.0596 e. The fourth-order valence-electron chi connectivity index (χ4n) is 2.40. The molecule has 3 heteroatoms. The Kier molecular flexibility index (Phi) is 7.02. The average molecular weight is 251 g/mol. The molecule has 1 heterocycles. The highest BCUT2D eigenvalue weighted by Crippen LogP contribution is 2.10. The zero-order valence-corrected chi connectivity index (χ0v) is 12.5. The van der Waals surface area contributed by atoms with Gasteiger partial charge in [0, 0.05) is 18.3 Å². The lowest BCUT2D eigenvalue weighted by atomic mass is 10.1. The van der Waals surface area contributed by atoms with E-state index in [1.165, 1.54) is 31.4 Å². The molecular weight excluding hydrogens is 222 g/mol. The Labute approximate surface area is 112 Å². The van der Waals surface area contributed by atoms with Gasteiger partial charge in [-0.05, 0) is 58.6 Å². The van der Waals surface area contributed by atoms with E-state index in [-0.39, 0.29) is 0 Å². The number of aromatic nitrogens is 2. The van der Waals surface area contributed by atoms with Crippen LogP contribution in [0, 0.1) is 6.92 Å². The summed E-state index contributed by atoms with van der Waals surface area (Å²) >= 11 is 0. The van der Waals surface area contributed by atoms with Gasteiger partial charge in [0.05, 0.1) is 5.69 Å². The van der Waals surface area contributed by atoms with E-state index in [2.05, 4.69) is 48.9 Å². The van der Waals surface area contributed by atoms with Crippen molar-refractivity contribution in [2.75, 3.05) is 6.54 Å². The van der Waals surface area contributed by atoms with Crippen molar-refractivity contribution in [2.24, 2.45) is 0 Å². The highest BCUT2D eigenvalue weighted by molar-refractivity contribution is 5.09. The van der Waals surface area contributed by atoms with E-state index in [4.69, 9.17) is 0 Å². The molecule has 0 amide bonds. The maximum Gasteiger partial charge on any atom is 0.0596 e. The third-order valence-electron chi connectivity index (χ3n) is 3.45. The topological polar surface area (TPSA) is 29.9 Å². The molecule has 1 aromatic heterocycles. The Balaban J connectivity index is 2.35. The molecule has 0 aromatic carbocycles. The Morgan fingerprint density at radius 1 is 1.33 bits per heavy atom. The van der Waals surface area contributed by atoms with Crippen LogP contribution >= 0.6 is 0 Å². The summed E-state index contributed by atoms with van der Waals surface area (Å²) in [4.78, 5) is 0. The van der Waals surface area contributed by atoms with Gasteiger partial charge in [-0.15, -0.1) is 0 Å². The molecule has 0 radical (unpaired) electrons. The van der Waals surface area contributed by atoms with Gasteiger partial charge in [0.1, 0.15) is 0 Å². The van der Waals surface area contributed by atoms with E-state index in [9.17, 15) is 0 Å². The molecule has 0 bridgehead atoms. The molecule has 1 atom stereocenters. The molecule has 0 spiro atoms. The van der Waals surface area contributed by atoms with Crippen LogP contribution in [0.25, 0.3) is 0 Å². The van der Waals surface area contributed by atoms with Crippen LogP contribution in [0.1, 0.15) is 57.8 Å². The minimum absolute atomic E-state index is 0.684. The Morgan fingerprint density at radius 3 is 2.72 bits per heavy atom. The second-order valence-corrected chi connectivity index (χ2v) is 5.04. The lowest BCUT2D eigenvalue weighted by Gasteiger charge is -2.16. The molecule has 1 N–H and O–H groups in total. The van der Waals surface area contributed by atoms with Crippen LogP contribution < -0.4 is 5.32 Å². The first-order chi connectivity index (χ1) is 8.71. The van der Waals surface area contributed by atoms with Crippen molar-refractivity contribution in [2.45, 2.75) is 72.4 Å². The zero-order chi connectivity index (χ0) is 13.4. The average Bonchev–Trinajstić information content (AvgIpc) is 2.74. The van der Waals surface area contributed by atoms with Gasteiger partial charge in [-0.1, -0.05) is 13.8 Å². The zero-order valence-electron chi connectivity index (χ0n) is 12.5. The highest BCUT2D eigenvalue weighted by Gasteiger charge is 2.07. The van der Waals surface area contributed by atoms with E-state index in [0.717, 1.165) is 25.2 Å². The minimum atomic E-state index is 0.684. The quantitative estimate of drug-likeness (QED) is 0.729. The summed E-state index contributed by atoms with van der Waals surface area (Å²) in [6, 6.07) is 2.91. The predicted molar refractivity (Wildman–Crippen MR) is 77.9 cm³/mol. The summed E-state index contributed by atoms with van der Waals surface area (Å²) in [7, 11) is 0. The highest BCUT2D eigenvalue weighted by atomic mass is 15.3. The van der Waals surface area contributed by atoms with Crippen molar-refractivity contribution in [1.29, 1.82) is 0 Å². The fourth-order valence-corrected chi connectivity index (χ4v) is 2.40. The maximum atomic E-state index is 4.50. The number of nitrogens with one attached hydrogen (secondary N) is 1. The second-order valence-electron chi connectivity index (χ2n) is 5.04. The van der Waals surface area contributed by atoms with Crippen LogP contribution in [0.2, 0.25) is 0 Å². The summed E-state index contributed by atoms with van der Waals surface area (Å²) in [5.41, 5.74) is 2.53. The third kappa shape index (κ3) is 4.81. The van der Waals surface area contributed by atoms with E-state index < -0.39 is 0 Å². The van der Waals surface area contributed by atoms with E-state index in [1.54, 1.807) is 0 Å². The van der Waals surface area contributed by atoms with Crippen molar-refractivity contribution in [3.63, 3.8) is 0 Å². The summed E-state index contributed by atoms with van der Waals surface area (Å²) < 4.78 is 2.13. The Hall–Kier alpha value is -0.830. The van der Waals surface area contributed by atoms with E-state index >= 15 is 0 Å². The van der Waals surface area contributed by atoms with Crippen molar-refractivity contribution in [3.8, 4) is 0 Å². The van der Waals surface area contributed by atoms with Gasteiger partial charge < -0.3 is 5.32 Å². The number of rotatable bonds is 9. The number of aryl methyl sites for hydroxylation is 3. The molecule has 0 fully saturated rings. The van der Waals surface area contributed by atoms with Gasteiger partial charge in [0.25, 0.3) is 0 Å². The summed E-state index contributed by atoms with van der Waals surface area (Å²) in [5.74, 6) is 0. The number of hydrogen-bond donors (Lipinski definition) is 1. The van der Waals surface area contributed by atoms with Gasteiger partial charge >= 0.3 is 0 Å². The maximum absolute atomic E-state index is 4.50. The molecule has 0 aliphatic rings. The van der Waals surface area contributed by atoms with E-state index in [0.29, 0.717) is 6.04 Å². The molecule has 1 unspecified atom stereocenters. The second kappa shape index (κ2) is 8.30. The first-order valence-corrected chi connectivity index (χ1v) is 7.47. The third-order valence-corrected chi connectivity index (χ3v) is 3.45. The largest absolute Gasteiger partial charge is 0.314 e. The monoisotopic (exact) mass is 251 g/mol. The van der Waals surface area contributed by atoms with Gasteiger partial charge in [-0.3, -0.25) is 4.68 Å². The molecule has 3 nitrogen and oxygen atoms in total. The first-order valence-electron chi connectivity index (χ1n) is 7.47. The molecule has 0 saturated carbocycles. The van der Waals surface area contributed by atoms with Gasteiger partial charge in [0.15, 0.2) is 0 Å². The molecule has 0 saturated heterocycles. The Morgan fingerprint density at radius 2 is 2.11 bits per heavy atom. The van der Waals surface area contributed by atoms with Crippen LogP contribution in [0.4, 0.5) is 0 Å². The van der Waals surface area contributed by atoms with Crippen molar-refractivity contribution in [3.05, 3.63) is 17.5 Å². The normalized spacial score (nSPS) is 12.9. The van der Waals surface area contributed by atoms with Gasteiger partial charge in [-0.2, -0.15) is 5.10 Å². The summed E-state index contributed by atoms with van der Waals surface area (Å²) in [6.07, 6.45) is 6.12. The lowest BCUT2D eigenvalue weighted by molar-refractivity contribution is 0.451. The van der Waals surface area contributed by atoms with E-state index in [1.807, 2.05) is 0 Å². The standard InChI is InChI=1S/C15H29N3/c1-5-11-16-14(6-2)9-8-10-15-12-13(4)17-18(15)7-3/h12,14,16H,5-11H2,1-4H3. The molecule has 104 valence electrons. The fraction of sp³-hybridized carbons (Fsp3) is 0.800. The van der Waals surface area contributed by atoms with Crippen LogP contribution in [0.5, 0.6) is 0 Å². The summed E-state index contributed by atoms with van der Waals surface area (Å²) in [6.45, 7) is 10.9.